The predicted molar refractivity (Wildman–Crippen MR) is 467 cm³/mol. The average Bonchev–Trinajstić information content (AvgIpc) is 1.63. The number of carboxylic acids is 1. The van der Waals surface area contributed by atoms with Crippen LogP contribution in [0, 0.1) is 5.92 Å². The van der Waals surface area contributed by atoms with Crippen LogP contribution in [0.25, 0.3) is 23.1 Å². The first kappa shape index (κ1) is 102. The van der Waals surface area contributed by atoms with Gasteiger partial charge in [0.05, 0.1) is 40.2 Å². The summed E-state index contributed by atoms with van der Waals surface area (Å²) in [7, 11) is 1.53. The number of nitrogens with two attached hydrogens (primary N) is 5. The lowest BCUT2D eigenvalue weighted by Crippen LogP contribution is -2.62. The van der Waals surface area contributed by atoms with Crippen molar-refractivity contribution in [1.82, 2.24) is 94.5 Å². The SMILES string of the molecule is CNC(=O)c1ccccc1Sc1ccc2c(/C=C/c3ccccn3)nn(C(=O)NC3(CNC(=O)[C@H](CCC(=O)O)NC(=O)CCC(=O)N[C@@H](CCN)C(=O)N[C@H](C(=O)N[C@@H](CCN)C(=O)N[C@H]4CCNC(=O)[C@H]([C@@H](C)O)NC(=O)[C@H](CCN)NC(=O)[C@H](CCN)NC(=O)[C@H](CC(C)C)NC(=O)[C@@H](Cc5ccccc5)NC(=O)[C@H](CCN)NC4=O)[C@@H](C)O)CCC3)c2c1. The number of carbonyl (C=O) groups excluding carboxylic acids is 15. The molecule has 28 N–H and O–H groups in total. The van der Waals surface area contributed by atoms with E-state index in [9.17, 15) is 92.0 Å². The van der Waals surface area contributed by atoms with Crippen molar-refractivity contribution in [2.75, 3.05) is 52.9 Å². The molecule has 5 aromatic rings. The fraction of sp³-hybridized carbons (Fsp3) is 0.500. The predicted octanol–water partition coefficient (Wildman–Crippen LogP) is -4.00. The van der Waals surface area contributed by atoms with E-state index in [4.69, 9.17) is 33.8 Å². The second-order valence-corrected chi connectivity index (χ2v) is 32.5. The third kappa shape index (κ3) is 31.3. The second kappa shape index (κ2) is 50.7. The van der Waals surface area contributed by atoms with Crippen LogP contribution < -0.4 is 108 Å². The first-order chi connectivity index (χ1) is 60.6. The molecule has 7 rings (SSSR count). The van der Waals surface area contributed by atoms with Gasteiger partial charge in [-0.05, 0) is 183 Å². The van der Waals surface area contributed by atoms with Crippen molar-refractivity contribution in [2.45, 2.75) is 218 Å². The Morgan fingerprint density at radius 1 is 0.591 bits per heavy atom. The van der Waals surface area contributed by atoms with Gasteiger partial charge in [-0.25, -0.2) is 4.79 Å². The summed E-state index contributed by atoms with van der Waals surface area (Å²) >= 11 is 1.30. The van der Waals surface area contributed by atoms with Crippen LogP contribution in [-0.4, -0.2) is 262 Å². The molecule has 3 aromatic carbocycles. The summed E-state index contributed by atoms with van der Waals surface area (Å²) in [5.41, 5.74) is 31.0. The highest BCUT2D eigenvalue weighted by Gasteiger charge is 2.42. The molecule has 1 aliphatic heterocycles. The zero-order valence-corrected chi connectivity index (χ0v) is 72.4. The van der Waals surface area contributed by atoms with Gasteiger partial charge in [0, 0.05) is 67.2 Å². The first-order valence-corrected chi connectivity index (χ1v) is 42.9. The summed E-state index contributed by atoms with van der Waals surface area (Å²) in [5.74, 6) is -14.7. The molecular weight excluding hydrogens is 1670 g/mol. The number of amides is 15. The van der Waals surface area contributed by atoms with Crippen LogP contribution in [-0.2, 0) is 73.5 Å². The van der Waals surface area contributed by atoms with Crippen molar-refractivity contribution in [3.05, 3.63) is 120 Å². The number of nitrogens with zero attached hydrogens (tertiary/aromatic N) is 3. The summed E-state index contributed by atoms with van der Waals surface area (Å²) < 4.78 is 1.20. The number of nitrogens with one attached hydrogen (secondary N) is 15. The Morgan fingerprint density at radius 2 is 1.15 bits per heavy atom. The van der Waals surface area contributed by atoms with Gasteiger partial charge < -0.3 is 124 Å². The second-order valence-electron chi connectivity index (χ2n) is 31.4. The number of aliphatic hydroxyl groups excluding tert-OH is 2. The molecule has 2 fully saturated rings. The molecule has 1 saturated heterocycles. The van der Waals surface area contributed by atoms with Crippen LogP contribution in [0.2, 0.25) is 0 Å². The Balaban J connectivity index is 1.03. The van der Waals surface area contributed by atoms with Crippen LogP contribution in [0.3, 0.4) is 0 Å². The minimum absolute atomic E-state index is 0.000479. The van der Waals surface area contributed by atoms with E-state index in [1.807, 2.05) is 12.1 Å². The van der Waals surface area contributed by atoms with Gasteiger partial charge in [0.2, 0.25) is 76.8 Å². The molecule has 1 saturated carbocycles. The summed E-state index contributed by atoms with van der Waals surface area (Å²) in [6.45, 7) is 3.88. The van der Waals surface area contributed by atoms with Crippen molar-refractivity contribution in [3.8, 4) is 0 Å². The molecule has 0 bridgehead atoms. The molecule has 2 aliphatic rings. The summed E-state index contributed by atoms with van der Waals surface area (Å²) in [4.78, 5) is 230. The lowest BCUT2D eigenvalue weighted by molar-refractivity contribution is -0.138. The van der Waals surface area contributed by atoms with Crippen molar-refractivity contribution in [2.24, 2.45) is 34.6 Å². The summed E-state index contributed by atoms with van der Waals surface area (Å²) in [6.07, 6.45) is -1.25. The van der Waals surface area contributed by atoms with Gasteiger partial charge in [-0.1, -0.05) is 74.1 Å². The quantitative estimate of drug-likeness (QED) is 0.0178. The van der Waals surface area contributed by atoms with Crippen LogP contribution in [0.4, 0.5) is 4.79 Å². The monoisotopic (exact) mass is 1790 g/mol. The number of carboxylic acid groups (broad SMARTS) is 1. The highest BCUT2D eigenvalue weighted by molar-refractivity contribution is 7.99. The highest BCUT2D eigenvalue weighted by Crippen LogP contribution is 2.35. The molecule has 0 spiro atoms. The van der Waals surface area contributed by atoms with Gasteiger partial charge in [-0.3, -0.25) is 76.9 Å². The minimum atomic E-state index is -1.92. The van der Waals surface area contributed by atoms with Crippen LogP contribution in [0.15, 0.2) is 107 Å². The number of carbonyl (C=O) groups is 16. The number of hydrogen-bond acceptors (Lipinski definition) is 26. The molecule has 0 radical (unpaired) electrons. The number of hydrogen-bond donors (Lipinski definition) is 23. The Morgan fingerprint density at radius 3 is 1.71 bits per heavy atom. The highest BCUT2D eigenvalue weighted by atomic mass is 32.2. The van der Waals surface area contributed by atoms with Crippen molar-refractivity contribution in [3.63, 3.8) is 0 Å². The van der Waals surface area contributed by atoms with E-state index in [1.165, 1.54) is 23.5 Å². The van der Waals surface area contributed by atoms with Crippen LogP contribution in [0.5, 0.6) is 0 Å². The standard InChI is InChI=1S/C84H119N23O19S/c1-46(2)42-62-79(122)98-57(28-36-86)73(116)97-60(31-39-89)78(121)103-69(47(3)108)81(124)92-41-32-61(76(119)96-58(29-37-87)75(118)102-63(80(123)101-62)43-49-14-7-6-8-15-49)99-74(117)59(30-38-88)100-82(125)70(48(4)109)104-77(120)56(27-35-85)95-67(111)25-24-66(110)94-55(23-26-68(112)113)72(115)93-45-84(33-13-34-84)105-83(126)107-64-44-51(127-65-18-10-9-17-53(65)71(114)90-5)20-21-52(64)54(106-107)22-19-50-16-11-12-40-91-50/h6-12,14-22,40,44,46-48,55-63,69-70,108-109H,13,23-39,41-43,45,85-89H2,1-5H3,(H,90,114)(H,92,124)(H,93,115)(H,94,110)(H,95,111)(H,96,119)(H,97,116)(H,98,122)(H,99,117)(H,100,125)(H,101,123)(H,102,118)(H,103,121)(H,104,120)(H,105,126)(H,112,113)/b22-19+/t47-,48-,55+,56+,57+,58+,59+,60+,61+,62+,63-,69+,70+/m1/s1. The van der Waals surface area contributed by atoms with Gasteiger partial charge in [-0.15, -0.1) is 0 Å². The summed E-state index contributed by atoms with van der Waals surface area (Å²) in [5, 5.41) is 75.5. The van der Waals surface area contributed by atoms with E-state index in [2.05, 4.69) is 84.7 Å². The zero-order chi connectivity index (χ0) is 93.0. The molecule has 43 heteroatoms. The molecule has 127 heavy (non-hydrogen) atoms. The Bertz CT molecular complexity index is 4690. The lowest BCUT2D eigenvalue weighted by Gasteiger charge is -2.42. The molecule has 0 unspecified atom stereocenters. The van der Waals surface area contributed by atoms with Crippen molar-refractivity contribution >= 4 is 130 Å². The zero-order valence-electron chi connectivity index (χ0n) is 71.5. The topological polar surface area (TPSA) is 675 Å². The fourth-order valence-electron chi connectivity index (χ4n) is 13.9. The number of aliphatic carboxylic acids is 1. The van der Waals surface area contributed by atoms with E-state index in [0.29, 0.717) is 62.5 Å². The molecule has 3 heterocycles. The maximum Gasteiger partial charge on any atom is 0.343 e. The van der Waals surface area contributed by atoms with Crippen molar-refractivity contribution in [1.29, 1.82) is 0 Å². The number of rotatable bonds is 39. The van der Waals surface area contributed by atoms with Gasteiger partial charge in [0.25, 0.3) is 5.91 Å². The smallest absolute Gasteiger partial charge is 0.343 e. The largest absolute Gasteiger partial charge is 0.481 e. The molecule has 1 aliphatic carbocycles. The first-order valence-electron chi connectivity index (χ1n) is 42.1. The Labute approximate surface area is 737 Å². The van der Waals surface area contributed by atoms with Gasteiger partial charge >= 0.3 is 12.0 Å². The fourth-order valence-corrected chi connectivity index (χ4v) is 14.9. The van der Waals surface area contributed by atoms with Gasteiger partial charge in [-0.2, -0.15) is 9.78 Å². The van der Waals surface area contributed by atoms with E-state index in [0.717, 1.165) is 13.8 Å². The molecule has 690 valence electrons. The number of aliphatic hydroxyl groups is 2. The molecular formula is C84H119N23O19S. The maximum atomic E-state index is 14.8. The third-order valence-corrected chi connectivity index (χ3v) is 22.0. The number of pyridine rings is 1. The Hall–Kier alpha value is -12.4. The maximum absolute atomic E-state index is 14.8. The number of benzene rings is 3. The molecule has 15 amide bonds. The van der Waals surface area contributed by atoms with E-state index >= 15 is 0 Å². The third-order valence-electron chi connectivity index (χ3n) is 20.9. The van der Waals surface area contributed by atoms with Crippen molar-refractivity contribution < 1.29 is 92.0 Å². The van der Waals surface area contributed by atoms with E-state index in [-0.39, 0.29) is 89.6 Å². The Kier molecular flexibility index (Phi) is 40.6. The average molecular weight is 1790 g/mol. The molecule has 13 atom stereocenters. The normalized spacial score (nSPS) is 20.0. The van der Waals surface area contributed by atoms with E-state index in [1.54, 1.807) is 111 Å². The van der Waals surface area contributed by atoms with Gasteiger partial charge in [0.1, 0.15) is 66.5 Å². The summed E-state index contributed by atoms with van der Waals surface area (Å²) in [6, 6.07) is 8.08. The lowest BCUT2D eigenvalue weighted by atomic mass is 9.76. The molecule has 2 aromatic heterocycles. The van der Waals surface area contributed by atoms with Crippen LogP contribution in [0.1, 0.15) is 145 Å². The minimum Gasteiger partial charge on any atom is -0.481 e. The van der Waals surface area contributed by atoms with Crippen LogP contribution >= 0.6 is 11.8 Å². The van der Waals surface area contributed by atoms with Gasteiger partial charge in [0.15, 0.2) is 0 Å². The number of aromatic nitrogens is 3. The molecule has 42 nitrogen and oxygen atoms in total. The number of fused-ring (bicyclic) bond motifs is 1. The van der Waals surface area contributed by atoms with E-state index < -0.39 is 218 Å².